The largest absolute Gasteiger partial charge is 0.248 e. The third-order valence-electron chi connectivity index (χ3n) is 1.73. The van der Waals surface area contributed by atoms with Crippen molar-refractivity contribution < 1.29 is 4.21 Å². The van der Waals surface area contributed by atoms with Crippen LogP contribution in [0.15, 0.2) is 23.6 Å². The van der Waals surface area contributed by atoms with Gasteiger partial charge in [0.15, 0.2) is 0 Å². The van der Waals surface area contributed by atoms with Crippen LogP contribution in [0.25, 0.3) is 0 Å². The van der Waals surface area contributed by atoms with E-state index in [1.807, 2.05) is 0 Å². The van der Waals surface area contributed by atoms with Crippen molar-refractivity contribution in [3.63, 3.8) is 0 Å². The number of aromatic nitrogens is 2. The summed E-state index contributed by atoms with van der Waals surface area (Å²) in [6.45, 7) is 5.32. The second kappa shape index (κ2) is 3.06. The summed E-state index contributed by atoms with van der Waals surface area (Å²) >= 11 is 0. The fourth-order valence-electron chi connectivity index (χ4n) is 0.787. The van der Waals surface area contributed by atoms with E-state index in [0.29, 0.717) is 4.90 Å². The molecule has 1 N–H and O–H groups in total. The molecule has 1 aromatic heterocycles. The van der Waals surface area contributed by atoms with E-state index < -0.39 is 14.5 Å². The Hall–Kier alpha value is -0.970. The van der Waals surface area contributed by atoms with E-state index in [1.54, 1.807) is 20.8 Å². The van der Waals surface area contributed by atoms with Gasteiger partial charge in [0.2, 0.25) is 0 Å². The van der Waals surface area contributed by atoms with Crippen molar-refractivity contribution in [2.45, 2.75) is 30.4 Å². The summed E-state index contributed by atoms with van der Waals surface area (Å²) in [6, 6.07) is 0. The first-order valence-corrected chi connectivity index (χ1v) is 5.45. The predicted molar refractivity (Wildman–Crippen MR) is 50.9 cm³/mol. The molecule has 0 spiro atoms. The molecule has 5 heteroatoms. The summed E-state index contributed by atoms with van der Waals surface area (Å²) in [7, 11) is -2.80. The Morgan fingerprint density at radius 1 is 1.31 bits per heavy atom. The Kier molecular flexibility index (Phi) is 2.38. The molecule has 0 aliphatic heterocycles. The average Bonchev–Trinajstić information content (AvgIpc) is 2.04. The van der Waals surface area contributed by atoms with Gasteiger partial charge in [0, 0.05) is 12.4 Å². The van der Waals surface area contributed by atoms with Crippen molar-refractivity contribution in [3.05, 3.63) is 18.7 Å². The molecule has 72 valence electrons. The van der Waals surface area contributed by atoms with Crippen molar-refractivity contribution in [1.29, 1.82) is 4.78 Å². The maximum Gasteiger partial charge on any atom is 0.115 e. The molecule has 1 heterocycles. The van der Waals surface area contributed by atoms with Gasteiger partial charge in [0.25, 0.3) is 0 Å². The summed E-state index contributed by atoms with van der Waals surface area (Å²) in [5.41, 5.74) is 0. The molecule has 0 saturated carbocycles. The number of nitrogens with zero attached hydrogens (tertiary/aromatic N) is 2. The van der Waals surface area contributed by atoms with Crippen molar-refractivity contribution >= 4 is 9.73 Å². The normalized spacial score (nSPS) is 16.5. The topological polar surface area (TPSA) is 66.7 Å². The lowest BCUT2D eigenvalue weighted by Crippen LogP contribution is -2.26. The lowest BCUT2D eigenvalue weighted by molar-refractivity contribution is 0.636. The molecule has 0 aromatic carbocycles. The summed E-state index contributed by atoms with van der Waals surface area (Å²) in [4.78, 5) is 7.90. The Labute approximate surface area is 78.4 Å². The van der Waals surface area contributed by atoms with Gasteiger partial charge in [-0.2, -0.15) is 0 Å². The molecule has 1 atom stereocenters. The van der Waals surface area contributed by atoms with Crippen LogP contribution in [0.3, 0.4) is 0 Å². The van der Waals surface area contributed by atoms with E-state index in [1.165, 1.54) is 18.7 Å². The smallest absolute Gasteiger partial charge is 0.115 e. The molecule has 4 nitrogen and oxygen atoms in total. The van der Waals surface area contributed by atoms with Gasteiger partial charge < -0.3 is 0 Å². The maximum atomic E-state index is 12.0. The molecule has 1 unspecified atom stereocenters. The molecule has 0 aliphatic carbocycles. The van der Waals surface area contributed by atoms with Crippen molar-refractivity contribution in [3.8, 4) is 0 Å². The van der Waals surface area contributed by atoms with E-state index >= 15 is 0 Å². The monoisotopic (exact) mass is 199 g/mol. The van der Waals surface area contributed by atoms with Gasteiger partial charge in [-0.05, 0) is 20.8 Å². The molecule has 0 saturated heterocycles. The Morgan fingerprint density at radius 3 is 2.15 bits per heavy atom. The zero-order valence-corrected chi connectivity index (χ0v) is 8.76. The zero-order valence-electron chi connectivity index (χ0n) is 7.94. The molecule has 0 aliphatic rings. The van der Waals surface area contributed by atoms with Gasteiger partial charge in [-0.3, -0.25) is 0 Å². The van der Waals surface area contributed by atoms with E-state index in [4.69, 9.17) is 4.78 Å². The van der Waals surface area contributed by atoms with Gasteiger partial charge >= 0.3 is 0 Å². The fourth-order valence-corrected chi connectivity index (χ4v) is 1.91. The fraction of sp³-hybridized carbons (Fsp3) is 0.500. The molecule has 1 rings (SSSR count). The van der Waals surface area contributed by atoms with E-state index in [-0.39, 0.29) is 0 Å². The van der Waals surface area contributed by atoms with Crippen molar-refractivity contribution in [1.82, 2.24) is 9.97 Å². The third-order valence-corrected chi connectivity index (χ3v) is 4.33. The van der Waals surface area contributed by atoms with Crippen LogP contribution in [0.5, 0.6) is 0 Å². The van der Waals surface area contributed by atoms with Gasteiger partial charge in [-0.1, -0.05) is 0 Å². The van der Waals surface area contributed by atoms with Gasteiger partial charge in [0.05, 0.1) is 19.4 Å². The minimum Gasteiger partial charge on any atom is -0.248 e. The van der Waals surface area contributed by atoms with Crippen LogP contribution in [0.2, 0.25) is 0 Å². The highest BCUT2D eigenvalue weighted by atomic mass is 32.2. The molecule has 0 bridgehead atoms. The highest BCUT2D eigenvalue weighted by Crippen LogP contribution is 2.23. The Morgan fingerprint density at radius 2 is 1.77 bits per heavy atom. The lowest BCUT2D eigenvalue weighted by atomic mass is 10.3. The molecule has 0 fully saturated rings. The van der Waals surface area contributed by atoms with E-state index in [0.717, 1.165) is 0 Å². The SMILES string of the molecule is CC(C)(C)S(=N)(=O)c1cncnc1. The number of nitrogens with one attached hydrogen (secondary N) is 1. The minimum absolute atomic E-state index is 0.391. The second-order valence-electron chi connectivity index (χ2n) is 3.74. The quantitative estimate of drug-likeness (QED) is 0.748. The number of hydrogen-bond acceptors (Lipinski definition) is 4. The minimum atomic E-state index is -2.80. The maximum absolute atomic E-state index is 12.0. The molecular weight excluding hydrogens is 186 g/mol. The van der Waals surface area contributed by atoms with Gasteiger partial charge in [-0.25, -0.2) is 19.0 Å². The first-order valence-electron chi connectivity index (χ1n) is 3.89. The molecule has 0 radical (unpaired) electrons. The third kappa shape index (κ3) is 1.85. The molecule has 1 aromatic rings. The standard InChI is InChI=1S/C8H13N3OS/c1-8(2,3)13(9,12)7-4-10-6-11-5-7/h4-6,9H,1-3H3. The van der Waals surface area contributed by atoms with Gasteiger partial charge in [0.1, 0.15) is 6.33 Å². The van der Waals surface area contributed by atoms with E-state index in [2.05, 4.69) is 9.97 Å². The number of rotatable bonds is 1. The second-order valence-corrected chi connectivity index (χ2v) is 6.55. The summed E-state index contributed by atoms with van der Waals surface area (Å²) in [5.74, 6) is 0. The summed E-state index contributed by atoms with van der Waals surface area (Å²) in [5, 5.41) is 0. The first-order chi connectivity index (χ1) is 5.86. The van der Waals surface area contributed by atoms with Crippen molar-refractivity contribution in [2.75, 3.05) is 0 Å². The number of hydrogen-bond donors (Lipinski definition) is 1. The average molecular weight is 199 g/mol. The summed E-state index contributed by atoms with van der Waals surface area (Å²) in [6.07, 6.45) is 4.24. The Bertz CT molecular complexity index is 378. The highest BCUT2D eigenvalue weighted by Gasteiger charge is 2.27. The summed E-state index contributed by atoms with van der Waals surface area (Å²) < 4.78 is 19.2. The Balaban J connectivity index is 3.26. The van der Waals surface area contributed by atoms with Crippen LogP contribution < -0.4 is 0 Å². The molecular formula is C8H13N3OS. The van der Waals surface area contributed by atoms with E-state index in [9.17, 15) is 4.21 Å². The van der Waals surface area contributed by atoms with Crippen LogP contribution >= 0.6 is 0 Å². The van der Waals surface area contributed by atoms with Crippen molar-refractivity contribution in [2.24, 2.45) is 0 Å². The van der Waals surface area contributed by atoms with Crippen LogP contribution in [0, 0.1) is 4.78 Å². The lowest BCUT2D eigenvalue weighted by Gasteiger charge is -2.21. The van der Waals surface area contributed by atoms with Crippen LogP contribution in [0.1, 0.15) is 20.8 Å². The predicted octanol–water partition coefficient (Wildman–Crippen LogP) is 1.68. The van der Waals surface area contributed by atoms with Crippen LogP contribution in [-0.2, 0) is 9.73 Å². The van der Waals surface area contributed by atoms with Crippen LogP contribution in [0.4, 0.5) is 0 Å². The van der Waals surface area contributed by atoms with Gasteiger partial charge in [-0.15, -0.1) is 0 Å². The molecule has 0 amide bonds. The first kappa shape index (κ1) is 10.1. The highest BCUT2D eigenvalue weighted by molar-refractivity contribution is 7.93. The molecule has 13 heavy (non-hydrogen) atoms. The van der Waals surface area contributed by atoms with Crippen LogP contribution in [-0.4, -0.2) is 18.9 Å². The zero-order chi connectivity index (χ0) is 10.1.